The molecular weight excluding hydrogens is 228 g/mol. The van der Waals surface area contributed by atoms with E-state index in [1.54, 1.807) is 7.11 Å². The molecule has 1 unspecified atom stereocenters. The van der Waals surface area contributed by atoms with Crippen LogP contribution < -0.4 is 11.3 Å². The predicted octanol–water partition coefficient (Wildman–Crippen LogP) is 0.212. The molecule has 1 aliphatic carbocycles. The van der Waals surface area contributed by atoms with Gasteiger partial charge in [0.1, 0.15) is 9.84 Å². The highest BCUT2D eigenvalue weighted by Gasteiger charge is 2.41. The number of nitrogens with two attached hydrogens (primary N) is 1. The predicted molar refractivity (Wildman–Crippen MR) is 63.6 cm³/mol. The summed E-state index contributed by atoms with van der Waals surface area (Å²) in [6.07, 6.45) is 5.87. The highest BCUT2D eigenvalue weighted by molar-refractivity contribution is 7.90. The van der Waals surface area contributed by atoms with Crippen LogP contribution in [0.25, 0.3) is 0 Å². The maximum atomic E-state index is 11.1. The van der Waals surface area contributed by atoms with Crippen LogP contribution in [0.1, 0.15) is 32.1 Å². The number of hydrazine groups is 1. The quantitative estimate of drug-likeness (QED) is 0.520. The summed E-state index contributed by atoms with van der Waals surface area (Å²) >= 11 is 0. The summed E-state index contributed by atoms with van der Waals surface area (Å²) in [6.45, 7) is 0. The van der Waals surface area contributed by atoms with Gasteiger partial charge in [0.05, 0.1) is 17.4 Å². The Balaban J connectivity index is 2.65. The van der Waals surface area contributed by atoms with Gasteiger partial charge in [-0.25, -0.2) is 8.42 Å². The van der Waals surface area contributed by atoms with E-state index >= 15 is 0 Å². The molecule has 1 fully saturated rings. The van der Waals surface area contributed by atoms with E-state index in [9.17, 15) is 8.42 Å². The summed E-state index contributed by atoms with van der Waals surface area (Å²) in [5, 5.41) is 0. The van der Waals surface area contributed by atoms with Crippen LogP contribution in [-0.2, 0) is 14.6 Å². The summed E-state index contributed by atoms with van der Waals surface area (Å²) in [7, 11) is -1.27. The Hall–Kier alpha value is -0.170. The van der Waals surface area contributed by atoms with Gasteiger partial charge in [-0.15, -0.1) is 0 Å². The molecule has 0 saturated heterocycles. The first kappa shape index (κ1) is 13.9. The first-order valence-electron chi connectivity index (χ1n) is 5.62. The Morgan fingerprint density at radius 1 is 1.44 bits per heavy atom. The number of nitrogens with one attached hydrogen (secondary N) is 1. The molecule has 5 nitrogen and oxygen atoms in total. The third kappa shape index (κ3) is 3.41. The molecule has 6 heteroatoms. The molecule has 0 amide bonds. The molecule has 0 aliphatic heterocycles. The number of rotatable bonds is 6. The van der Waals surface area contributed by atoms with Crippen molar-refractivity contribution in [2.24, 2.45) is 5.84 Å². The molecule has 0 radical (unpaired) electrons. The lowest BCUT2D eigenvalue weighted by molar-refractivity contribution is -0.0363. The second-order valence-corrected chi connectivity index (χ2v) is 6.87. The zero-order chi connectivity index (χ0) is 12.2. The summed E-state index contributed by atoms with van der Waals surface area (Å²) in [4.78, 5) is 0. The van der Waals surface area contributed by atoms with Crippen molar-refractivity contribution in [1.29, 1.82) is 0 Å². The van der Waals surface area contributed by atoms with Gasteiger partial charge in [-0.2, -0.15) is 0 Å². The van der Waals surface area contributed by atoms with Crippen LogP contribution in [0.15, 0.2) is 0 Å². The van der Waals surface area contributed by atoms with Crippen molar-refractivity contribution in [3.63, 3.8) is 0 Å². The number of methoxy groups -OCH3 is 1. The van der Waals surface area contributed by atoms with E-state index in [-0.39, 0.29) is 17.4 Å². The molecule has 1 aliphatic rings. The largest absolute Gasteiger partial charge is 0.377 e. The third-order valence-electron chi connectivity index (χ3n) is 3.47. The van der Waals surface area contributed by atoms with E-state index < -0.39 is 9.84 Å². The highest BCUT2D eigenvalue weighted by atomic mass is 32.2. The molecule has 0 bridgehead atoms. The van der Waals surface area contributed by atoms with Crippen LogP contribution in [0, 0.1) is 0 Å². The Morgan fingerprint density at radius 2 is 2.00 bits per heavy atom. The molecule has 1 atom stereocenters. The molecular formula is C10H22N2O3S. The van der Waals surface area contributed by atoms with Crippen molar-refractivity contribution in [1.82, 2.24) is 5.43 Å². The maximum Gasteiger partial charge on any atom is 0.147 e. The molecule has 0 aromatic carbocycles. The van der Waals surface area contributed by atoms with E-state index in [0.717, 1.165) is 25.7 Å². The van der Waals surface area contributed by atoms with E-state index in [1.165, 1.54) is 6.26 Å². The second kappa shape index (κ2) is 5.44. The molecule has 0 heterocycles. The van der Waals surface area contributed by atoms with E-state index in [2.05, 4.69) is 5.43 Å². The molecule has 16 heavy (non-hydrogen) atoms. The highest BCUT2D eigenvalue weighted by Crippen LogP contribution is 2.36. The van der Waals surface area contributed by atoms with Gasteiger partial charge in [0.15, 0.2) is 0 Å². The van der Waals surface area contributed by atoms with Crippen molar-refractivity contribution in [2.45, 2.75) is 43.7 Å². The number of hydrogen-bond acceptors (Lipinski definition) is 5. The zero-order valence-corrected chi connectivity index (χ0v) is 10.8. The molecule has 0 aromatic rings. The van der Waals surface area contributed by atoms with Gasteiger partial charge >= 0.3 is 0 Å². The second-order valence-electron chi connectivity index (χ2n) is 4.61. The molecule has 0 aromatic heterocycles. The Morgan fingerprint density at radius 3 is 2.38 bits per heavy atom. The summed E-state index contributed by atoms with van der Waals surface area (Å²) in [6, 6.07) is -0.0882. The van der Waals surface area contributed by atoms with Crippen molar-refractivity contribution in [2.75, 3.05) is 19.1 Å². The monoisotopic (exact) mass is 250 g/mol. The first-order valence-corrected chi connectivity index (χ1v) is 7.68. The minimum Gasteiger partial charge on any atom is -0.377 e. The van der Waals surface area contributed by atoms with Crippen LogP contribution in [-0.4, -0.2) is 39.2 Å². The van der Waals surface area contributed by atoms with Crippen molar-refractivity contribution in [3.05, 3.63) is 0 Å². The van der Waals surface area contributed by atoms with Gasteiger partial charge in [-0.1, -0.05) is 12.8 Å². The lowest BCUT2D eigenvalue weighted by atomic mass is 9.90. The fourth-order valence-electron chi connectivity index (χ4n) is 2.50. The average molecular weight is 250 g/mol. The Kier molecular flexibility index (Phi) is 4.73. The van der Waals surface area contributed by atoms with Gasteiger partial charge < -0.3 is 4.74 Å². The van der Waals surface area contributed by atoms with Crippen molar-refractivity contribution < 1.29 is 13.2 Å². The van der Waals surface area contributed by atoms with E-state index in [1.807, 2.05) is 0 Å². The van der Waals surface area contributed by atoms with Gasteiger partial charge in [-0.3, -0.25) is 11.3 Å². The molecule has 3 N–H and O–H groups in total. The lowest BCUT2D eigenvalue weighted by Crippen LogP contribution is -2.53. The van der Waals surface area contributed by atoms with Crippen LogP contribution in [0.3, 0.4) is 0 Å². The first-order chi connectivity index (χ1) is 7.43. The zero-order valence-electron chi connectivity index (χ0n) is 10.0. The minimum atomic E-state index is -2.94. The van der Waals surface area contributed by atoms with Gasteiger partial charge in [0.25, 0.3) is 0 Å². The fraction of sp³-hybridized carbons (Fsp3) is 1.00. The van der Waals surface area contributed by atoms with Crippen LogP contribution >= 0.6 is 0 Å². The van der Waals surface area contributed by atoms with Crippen LogP contribution in [0.4, 0.5) is 0 Å². The summed E-state index contributed by atoms with van der Waals surface area (Å²) < 4.78 is 27.9. The maximum absolute atomic E-state index is 11.1. The molecule has 96 valence electrons. The molecule has 1 rings (SSSR count). The summed E-state index contributed by atoms with van der Waals surface area (Å²) in [5.74, 6) is 5.66. The molecule has 1 saturated carbocycles. The standard InChI is InChI=1S/C10H22N2O3S/c1-15-10(6-3-4-7-10)9(12-11)5-8-16(2,13)14/h9,12H,3-8,11H2,1-2H3. The topological polar surface area (TPSA) is 81.4 Å². The van der Waals surface area contributed by atoms with Crippen LogP contribution in [0.5, 0.6) is 0 Å². The fourth-order valence-corrected chi connectivity index (χ4v) is 3.16. The SMILES string of the molecule is COC1(C(CCS(C)(=O)=O)NN)CCCC1. The lowest BCUT2D eigenvalue weighted by Gasteiger charge is -2.35. The normalized spacial score (nSPS) is 22.2. The van der Waals surface area contributed by atoms with Gasteiger partial charge in [0, 0.05) is 13.4 Å². The van der Waals surface area contributed by atoms with Crippen molar-refractivity contribution >= 4 is 9.84 Å². The van der Waals surface area contributed by atoms with Crippen LogP contribution in [0.2, 0.25) is 0 Å². The third-order valence-corrected chi connectivity index (χ3v) is 4.45. The van der Waals surface area contributed by atoms with Crippen molar-refractivity contribution in [3.8, 4) is 0 Å². The smallest absolute Gasteiger partial charge is 0.147 e. The van der Waals surface area contributed by atoms with E-state index in [4.69, 9.17) is 10.6 Å². The summed E-state index contributed by atoms with van der Waals surface area (Å²) in [5.41, 5.74) is 2.44. The Labute approximate surface area is 97.6 Å². The van der Waals surface area contributed by atoms with Gasteiger partial charge in [0.2, 0.25) is 0 Å². The number of hydrogen-bond donors (Lipinski definition) is 2. The Bertz CT molecular complexity index is 310. The molecule has 0 spiro atoms. The minimum absolute atomic E-state index is 0.0882. The average Bonchev–Trinajstić information content (AvgIpc) is 2.67. The van der Waals surface area contributed by atoms with Gasteiger partial charge in [-0.05, 0) is 19.3 Å². The van der Waals surface area contributed by atoms with E-state index in [0.29, 0.717) is 6.42 Å². The number of ether oxygens (including phenoxy) is 1. The number of sulfone groups is 1.